The van der Waals surface area contributed by atoms with E-state index >= 15 is 0 Å². The Morgan fingerprint density at radius 2 is 1.18 bits per heavy atom. The number of aliphatic hydroxyl groups excluding tert-OH is 1. The monoisotopic (exact) mass is 641 g/mol. The maximum Gasteiger partial charge on any atom is 0.338 e. The molecule has 0 saturated carbocycles. The molecular formula is C36H34O7PS+. The van der Waals surface area contributed by atoms with Crippen molar-refractivity contribution in [3.8, 4) is 5.75 Å². The minimum atomic E-state index is -4.22. The average Bonchev–Trinajstić information content (AvgIpc) is 3.10. The summed E-state index contributed by atoms with van der Waals surface area (Å²) >= 11 is 0. The fourth-order valence-electron chi connectivity index (χ4n) is 5.02. The summed E-state index contributed by atoms with van der Waals surface area (Å²) in [6.07, 6.45) is -0.624. The van der Waals surface area contributed by atoms with Gasteiger partial charge in [0.1, 0.15) is 54.9 Å². The highest BCUT2D eigenvalue weighted by Gasteiger charge is 2.45. The van der Waals surface area contributed by atoms with Gasteiger partial charge in [0, 0.05) is 0 Å². The molecule has 1 N–H and O–H groups in total. The molecule has 0 amide bonds. The number of ether oxygens (including phenoxy) is 2. The highest BCUT2D eigenvalue weighted by atomic mass is 32.2. The molecule has 1 unspecified atom stereocenters. The predicted octanol–water partition coefficient (Wildman–Crippen LogP) is 4.98. The number of rotatable bonds is 14. The van der Waals surface area contributed by atoms with E-state index in [0.29, 0.717) is 11.9 Å². The van der Waals surface area contributed by atoms with Crippen molar-refractivity contribution in [3.05, 3.63) is 151 Å². The highest BCUT2D eigenvalue weighted by molar-refractivity contribution is 7.95. The Morgan fingerprint density at radius 3 is 1.71 bits per heavy atom. The topological polar surface area (TPSA) is 99.1 Å². The van der Waals surface area contributed by atoms with Crippen LogP contribution in [0, 0.1) is 0 Å². The van der Waals surface area contributed by atoms with Crippen LogP contribution in [0.5, 0.6) is 5.75 Å². The highest BCUT2D eigenvalue weighted by Crippen LogP contribution is 2.55. The average molecular weight is 642 g/mol. The van der Waals surface area contributed by atoms with E-state index in [1.165, 1.54) is 24.3 Å². The Bertz CT molecular complexity index is 1670. The van der Waals surface area contributed by atoms with Gasteiger partial charge in [-0.15, -0.1) is 0 Å². The summed E-state index contributed by atoms with van der Waals surface area (Å²) in [6.45, 7) is -0.459. The SMILES string of the molecule is O=C(OCC(O)COc1ccccc1)c1cccc(S(=O)(=O)OCC[P+](c2ccccc2)(c2ccccc2)c2ccccc2)c1. The quantitative estimate of drug-likeness (QED) is 0.104. The van der Waals surface area contributed by atoms with E-state index in [1.807, 2.05) is 60.7 Å². The third-order valence-electron chi connectivity index (χ3n) is 7.21. The summed E-state index contributed by atoms with van der Waals surface area (Å²) in [4.78, 5) is 12.6. The van der Waals surface area contributed by atoms with Gasteiger partial charge in [0.15, 0.2) is 0 Å². The lowest BCUT2D eigenvalue weighted by Crippen LogP contribution is -2.35. The van der Waals surface area contributed by atoms with Crippen molar-refractivity contribution in [1.82, 2.24) is 0 Å². The summed E-state index contributed by atoms with van der Waals surface area (Å²) in [5.74, 6) is -0.190. The molecule has 5 aromatic carbocycles. The first-order valence-electron chi connectivity index (χ1n) is 14.5. The molecule has 5 aromatic rings. The second kappa shape index (κ2) is 15.1. The number of carbonyl (C=O) groups excluding carboxylic acids is 1. The molecule has 0 aliphatic heterocycles. The smallest absolute Gasteiger partial charge is 0.338 e. The Labute approximate surface area is 264 Å². The molecule has 5 rings (SSSR count). The van der Waals surface area contributed by atoms with Crippen LogP contribution in [0.4, 0.5) is 0 Å². The minimum absolute atomic E-state index is 0.0237. The van der Waals surface area contributed by atoms with E-state index in [2.05, 4.69) is 36.4 Å². The van der Waals surface area contributed by atoms with Crippen molar-refractivity contribution >= 4 is 39.3 Å². The van der Waals surface area contributed by atoms with E-state index in [0.717, 1.165) is 15.9 Å². The normalized spacial score (nSPS) is 12.3. The Hall–Kier alpha value is -4.33. The summed E-state index contributed by atoms with van der Waals surface area (Å²) < 4.78 is 43.1. The third kappa shape index (κ3) is 8.04. The first-order chi connectivity index (χ1) is 21.9. The summed E-state index contributed by atoms with van der Waals surface area (Å²) in [6, 6.07) is 44.8. The van der Waals surface area contributed by atoms with Crippen LogP contribution in [0.1, 0.15) is 10.4 Å². The Kier molecular flexibility index (Phi) is 10.8. The standard InChI is InChI=1S/C36H34O7PS/c37-30(27-41-31-15-5-1-6-16-31)28-42-36(38)29-14-13-23-35(26-29)45(39,40)43-24-25-44(32-17-7-2-8-18-32,33-19-9-3-10-20-33)34-21-11-4-12-22-34/h1-23,26,30,37H,24-25,27-28H2/q+1. The Balaban J connectivity index is 1.29. The van der Waals surface area contributed by atoms with E-state index in [9.17, 15) is 18.3 Å². The first kappa shape index (κ1) is 32.1. The molecule has 230 valence electrons. The number of aliphatic hydroxyl groups is 1. The fraction of sp³-hybridized carbons (Fsp3) is 0.139. The number of hydrogen-bond donors (Lipinski definition) is 1. The largest absolute Gasteiger partial charge is 0.491 e. The number of hydrogen-bond acceptors (Lipinski definition) is 7. The van der Waals surface area contributed by atoms with Gasteiger partial charge in [-0.3, -0.25) is 4.18 Å². The molecule has 7 nitrogen and oxygen atoms in total. The zero-order valence-electron chi connectivity index (χ0n) is 24.5. The number of para-hydroxylation sites is 1. The second-order valence-corrected chi connectivity index (χ2v) is 15.5. The van der Waals surface area contributed by atoms with Crippen LogP contribution in [0.3, 0.4) is 0 Å². The second-order valence-electron chi connectivity index (χ2n) is 10.2. The van der Waals surface area contributed by atoms with Gasteiger partial charge >= 0.3 is 5.97 Å². The van der Waals surface area contributed by atoms with Crippen molar-refractivity contribution in [2.45, 2.75) is 11.0 Å². The van der Waals surface area contributed by atoms with Crippen molar-refractivity contribution in [2.75, 3.05) is 26.0 Å². The van der Waals surface area contributed by atoms with Crippen LogP contribution in [-0.2, 0) is 19.0 Å². The van der Waals surface area contributed by atoms with Gasteiger partial charge in [-0.05, 0) is 66.7 Å². The van der Waals surface area contributed by atoms with Gasteiger partial charge < -0.3 is 14.6 Å². The number of carbonyl (C=O) groups is 1. The molecule has 0 fully saturated rings. The number of esters is 1. The van der Waals surface area contributed by atoms with Gasteiger partial charge in [-0.2, -0.15) is 8.42 Å². The first-order valence-corrected chi connectivity index (χ1v) is 17.8. The van der Waals surface area contributed by atoms with Gasteiger partial charge in [0.05, 0.1) is 16.6 Å². The van der Waals surface area contributed by atoms with Gasteiger partial charge in [-0.25, -0.2) is 4.79 Å². The lowest BCUT2D eigenvalue weighted by Gasteiger charge is -2.27. The molecule has 45 heavy (non-hydrogen) atoms. The third-order valence-corrected chi connectivity index (χ3v) is 12.9. The molecule has 0 heterocycles. The molecular weight excluding hydrogens is 607 g/mol. The molecule has 0 spiro atoms. The van der Waals surface area contributed by atoms with Crippen LogP contribution >= 0.6 is 7.26 Å². The van der Waals surface area contributed by atoms with Crippen LogP contribution < -0.4 is 20.7 Å². The fourth-order valence-corrected chi connectivity index (χ4v) is 10.2. The van der Waals surface area contributed by atoms with E-state index in [1.54, 1.807) is 24.3 Å². The molecule has 0 aliphatic carbocycles. The molecule has 0 aliphatic rings. The predicted molar refractivity (Wildman–Crippen MR) is 178 cm³/mol. The van der Waals surface area contributed by atoms with E-state index < -0.39 is 29.5 Å². The van der Waals surface area contributed by atoms with E-state index in [4.69, 9.17) is 13.7 Å². The molecule has 9 heteroatoms. The van der Waals surface area contributed by atoms with E-state index in [-0.39, 0.29) is 30.3 Å². The van der Waals surface area contributed by atoms with Gasteiger partial charge in [0.2, 0.25) is 0 Å². The van der Waals surface area contributed by atoms with Crippen molar-refractivity contribution in [1.29, 1.82) is 0 Å². The summed E-state index contributed by atoms with van der Waals surface area (Å²) in [5.41, 5.74) is 0.0237. The van der Waals surface area contributed by atoms with Crippen LogP contribution in [0.2, 0.25) is 0 Å². The minimum Gasteiger partial charge on any atom is -0.491 e. The zero-order chi connectivity index (χ0) is 31.5. The van der Waals surface area contributed by atoms with Crippen LogP contribution in [0.15, 0.2) is 150 Å². The zero-order valence-corrected chi connectivity index (χ0v) is 26.2. The molecule has 1 atom stereocenters. The lowest BCUT2D eigenvalue weighted by molar-refractivity contribution is 0.0130. The van der Waals surface area contributed by atoms with Crippen molar-refractivity contribution < 1.29 is 32.0 Å². The Morgan fingerprint density at radius 1 is 0.667 bits per heavy atom. The lowest BCUT2D eigenvalue weighted by atomic mass is 10.2. The summed E-state index contributed by atoms with van der Waals surface area (Å²) in [7, 11) is -6.51. The summed E-state index contributed by atoms with van der Waals surface area (Å²) in [5, 5.41) is 13.5. The van der Waals surface area contributed by atoms with Crippen LogP contribution in [0.25, 0.3) is 0 Å². The maximum atomic E-state index is 13.4. The van der Waals surface area contributed by atoms with Crippen molar-refractivity contribution in [3.63, 3.8) is 0 Å². The molecule has 0 saturated heterocycles. The molecule has 0 aromatic heterocycles. The van der Waals surface area contributed by atoms with Crippen molar-refractivity contribution in [2.24, 2.45) is 0 Å². The molecule has 0 radical (unpaired) electrons. The van der Waals surface area contributed by atoms with Gasteiger partial charge in [0.25, 0.3) is 10.1 Å². The van der Waals surface area contributed by atoms with Gasteiger partial charge in [-0.1, -0.05) is 78.9 Å². The van der Waals surface area contributed by atoms with Crippen LogP contribution in [-0.4, -0.2) is 51.6 Å². The number of benzene rings is 5. The maximum absolute atomic E-state index is 13.4. The molecule has 0 bridgehead atoms.